The summed E-state index contributed by atoms with van der Waals surface area (Å²) in [7, 11) is 0. The fourth-order valence-corrected chi connectivity index (χ4v) is 2.58. The van der Waals surface area contributed by atoms with Crippen LogP contribution in [0.4, 0.5) is 5.69 Å². The van der Waals surface area contributed by atoms with E-state index in [1.807, 2.05) is 36.4 Å². The number of fused-ring (bicyclic) bond motifs is 1. The number of hydrogen-bond acceptors (Lipinski definition) is 2. The second-order valence-electron chi connectivity index (χ2n) is 4.21. The van der Waals surface area contributed by atoms with Gasteiger partial charge in [-0.1, -0.05) is 35.9 Å². The Hall–Kier alpha value is -1.45. The van der Waals surface area contributed by atoms with Crippen LogP contribution in [-0.2, 0) is 6.54 Å². The number of rotatable bonds is 3. The number of nitrogens with one attached hydrogen (secondary N) is 1. The van der Waals surface area contributed by atoms with Gasteiger partial charge in [0.25, 0.3) is 0 Å². The molecule has 0 unspecified atom stereocenters. The molecule has 19 heavy (non-hydrogen) atoms. The van der Waals surface area contributed by atoms with E-state index in [0.29, 0.717) is 11.6 Å². The van der Waals surface area contributed by atoms with E-state index in [0.717, 1.165) is 26.7 Å². The Morgan fingerprint density at radius 2 is 1.95 bits per heavy atom. The van der Waals surface area contributed by atoms with E-state index in [9.17, 15) is 0 Å². The van der Waals surface area contributed by atoms with E-state index in [2.05, 4.69) is 27.3 Å². The fraction of sp³-hybridized carbons (Fsp3) is 0.0667. The summed E-state index contributed by atoms with van der Waals surface area (Å²) in [5.41, 5.74) is 3.00. The molecule has 0 radical (unpaired) electrons. The first-order valence-corrected chi connectivity index (χ1v) is 7.06. The Kier molecular flexibility index (Phi) is 3.49. The maximum atomic E-state index is 6.06. The highest BCUT2D eigenvalue weighted by atomic mass is 79.9. The Balaban J connectivity index is 1.84. The zero-order valence-electron chi connectivity index (χ0n) is 9.99. The van der Waals surface area contributed by atoms with Gasteiger partial charge in [-0.05, 0) is 34.1 Å². The van der Waals surface area contributed by atoms with Gasteiger partial charge in [0.05, 0.1) is 21.4 Å². The number of furan rings is 1. The highest BCUT2D eigenvalue weighted by Crippen LogP contribution is 2.31. The molecule has 2 aromatic carbocycles. The minimum absolute atomic E-state index is 0.690. The topological polar surface area (TPSA) is 25.2 Å². The highest BCUT2D eigenvalue weighted by molar-refractivity contribution is 9.10. The number of anilines is 1. The van der Waals surface area contributed by atoms with Crippen LogP contribution < -0.4 is 5.32 Å². The van der Waals surface area contributed by atoms with Gasteiger partial charge in [0.2, 0.25) is 0 Å². The van der Waals surface area contributed by atoms with Gasteiger partial charge in [-0.15, -0.1) is 0 Å². The van der Waals surface area contributed by atoms with Crippen LogP contribution in [0.15, 0.2) is 57.6 Å². The molecule has 4 heteroatoms. The summed E-state index contributed by atoms with van der Waals surface area (Å²) in [6.07, 6.45) is 1.79. The smallest absolute Gasteiger partial charge is 0.134 e. The SMILES string of the molecule is Clc1cccc(NCc2coc3ccccc23)c1Br. The Morgan fingerprint density at radius 3 is 2.84 bits per heavy atom. The van der Waals surface area contributed by atoms with E-state index in [-0.39, 0.29) is 0 Å². The minimum atomic E-state index is 0.690. The third kappa shape index (κ3) is 2.48. The average molecular weight is 337 g/mol. The second-order valence-corrected chi connectivity index (χ2v) is 5.41. The van der Waals surface area contributed by atoms with Crippen molar-refractivity contribution in [2.24, 2.45) is 0 Å². The van der Waals surface area contributed by atoms with Crippen molar-refractivity contribution in [2.45, 2.75) is 6.54 Å². The molecule has 0 bridgehead atoms. The quantitative estimate of drug-likeness (QED) is 0.687. The van der Waals surface area contributed by atoms with E-state index in [1.54, 1.807) is 6.26 Å². The van der Waals surface area contributed by atoms with Crippen molar-refractivity contribution in [3.63, 3.8) is 0 Å². The van der Waals surface area contributed by atoms with Crippen LogP contribution in [-0.4, -0.2) is 0 Å². The van der Waals surface area contributed by atoms with Crippen LogP contribution in [0.2, 0.25) is 5.02 Å². The minimum Gasteiger partial charge on any atom is -0.464 e. The molecule has 0 fully saturated rings. The summed E-state index contributed by atoms with van der Waals surface area (Å²) < 4.78 is 6.39. The maximum absolute atomic E-state index is 6.06. The molecule has 1 N–H and O–H groups in total. The van der Waals surface area contributed by atoms with Gasteiger partial charge in [-0.2, -0.15) is 0 Å². The van der Waals surface area contributed by atoms with Crippen molar-refractivity contribution < 1.29 is 4.42 Å². The standard InChI is InChI=1S/C15H11BrClNO/c16-15-12(17)5-3-6-13(15)18-8-10-9-19-14-7-2-1-4-11(10)14/h1-7,9,18H,8H2. The molecule has 3 aromatic rings. The zero-order valence-corrected chi connectivity index (χ0v) is 12.3. The normalized spacial score (nSPS) is 10.8. The van der Waals surface area contributed by atoms with Crippen LogP contribution >= 0.6 is 27.5 Å². The molecule has 0 saturated heterocycles. The number of halogens is 2. The van der Waals surface area contributed by atoms with E-state index in [1.165, 1.54) is 0 Å². The van der Waals surface area contributed by atoms with Crippen LogP contribution in [0.5, 0.6) is 0 Å². The lowest BCUT2D eigenvalue weighted by Crippen LogP contribution is -1.99. The van der Waals surface area contributed by atoms with Crippen molar-refractivity contribution in [1.82, 2.24) is 0 Å². The van der Waals surface area contributed by atoms with Crippen molar-refractivity contribution in [3.8, 4) is 0 Å². The average Bonchev–Trinajstić information content (AvgIpc) is 2.84. The molecule has 2 nitrogen and oxygen atoms in total. The first kappa shape index (κ1) is 12.6. The molecule has 96 valence electrons. The summed E-state index contributed by atoms with van der Waals surface area (Å²) in [6.45, 7) is 0.690. The molecule has 0 atom stereocenters. The molecule has 1 aromatic heterocycles. The lowest BCUT2D eigenvalue weighted by atomic mass is 10.2. The number of para-hydroxylation sites is 1. The van der Waals surface area contributed by atoms with Crippen LogP contribution in [0, 0.1) is 0 Å². The molecule has 0 amide bonds. The molecule has 0 aliphatic rings. The van der Waals surface area contributed by atoms with Gasteiger partial charge in [0.1, 0.15) is 5.58 Å². The molecular formula is C15H11BrClNO. The van der Waals surface area contributed by atoms with Crippen molar-refractivity contribution in [1.29, 1.82) is 0 Å². The van der Waals surface area contributed by atoms with Gasteiger partial charge in [-0.25, -0.2) is 0 Å². The zero-order chi connectivity index (χ0) is 13.2. The predicted octanol–water partition coefficient (Wildman–Crippen LogP) is 5.46. The second kappa shape index (κ2) is 5.27. The largest absolute Gasteiger partial charge is 0.464 e. The number of hydrogen-bond donors (Lipinski definition) is 1. The van der Waals surface area contributed by atoms with E-state index in [4.69, 9.17) is 16.0 Å². The summed E-state index contributed by atoms with van der Waals surface area (Å²) in [4.78, 5) is 0. The molecule has 0 spiro atoms. The maximum Gasteiger partial charge on any atom is 0.134 e. The van der Waals surface area contributed by atoms with Crippen LogP contribution in [0.1, 0.15) is 5.56 Å². The third-order valence-electron chi connectivity index (χ3n) is 2.98. The van der Waals surface area contributed by atoms with Crippen molar-refractivity contribution in [2.75, 3.05) is 5.32 Å². The summed E-state index contributed by atoms with van der Waals surface area (Å²) in [6, 6.07) is 13.8. The highest BCUT2D eigenvalue weighted by Gasteiger charge is 2.07. The summed E-state index contributed by atoms with van der Waals surface area (Å²) in [5, 5.41) is 5.19. The Bertz CT molecular complexity index is 723. The summed E-state index contributed by atoms with van der Waals surface area (Å²) >= 11 is 9.54. The Morgan fingerprint density at radius 1 is 1.11 bits per heavy atom. The van der Waals surface area contributed by atoms with Crippen LogP contribution in [0.25, 0.3) is 11.0 Å². The molecule has 3 rings (SSSR count). The number of benzene rings is 2. The molecule has 1 heterocycles. The Labute approximate surface area is 124 Å². The molecular weight excluding hydrogens is 326 g/mol. The first-order chi connectivity index (χ1) is 9.25. The van der Waals surface area contributed by atoms with Gasteiger partial charge in [0, 0.05) is 17.5 Å². The molecule has 0 saturated carbocycles. The van der Waals surface area contributed by atoms with Gasteiger partial charge in [0.15, 0.2) is 0 Å². The van der Waals surface area contributed by atoms with Crippen molar-refractivity contribution in [3.05, 3.63) is 63.8 Å². The van der Waals surface area contributed by atoms with E-state index >= 15 is 0 Å². The predicted molar refractivity (Wildman–Crippen MR) is 82.7 cm³/mol. The monoisotopic (exact) mass is 335 g/mol. The molecule has 0 aliphatic heterocycles. The lowest BCUT2D eigenvalue weighted by Gasteiger charge is -2.08. The van der Waals surface area contributed by atoms with Gasteiger partial charge >= 0.3 is 0 Å². The first-order valence-electron chi connectivity index (χ1n) is 5.88. The fourth-order valence-electron chi connectivity index (χ4n) is 2.00. The lowest BCUT2D eigenvalue weighted by molar-refractivity contribution is 0.611. The van der Waals surface area contributed by atoms with Gasteiger partial charge in [-0.3, -0.25) is 0 Å². The van der Waals surface area contributed by atoms with Crippen LogP contribution in [0.3, 0.4) is 0 Å². The van der Waals surface area contributed by atoms with Crippen molar-refractivity contribution >= 4 is 44.2 Å². The molecule has 0 aliphatic carbocycles. The summed E-state index contributed by atoms with van der Waals surface area (Å²) in [5.74, 6) is 0. The van der Waals surface area contributed by atoms with Gasteiger partial charge < -0.3 is 9.73 Å². The van der Waals surface area contributed by atoms with E-state index < -0.39 is 0 Å². The third-order valence-corrected chi connectivity index (χ3v) is 4.38.